The van der Waals surface area contributed by atoms with Crippen LogP contribution in [-0.2, 0) is 6.61 Å². The minimum absolute atomic E-state index is 0.144. The van der Waals surface area contributed by atoms with Crippen molar-refractivity contribution in [3.05, 3.63) is 63.4 Å². The molecule has 0 atom stereocenters. The van der Waals surface area contributed by atoms with Crippen LogP contribution in [0, 0.1) is 5.82 Å². The van der Waals surface area contributed by atoms with Crippen molar-refractivity contribution in [1.82, 2.24) is 0 Å². The van der Waals surface area contributed by atoms with E-state index in [0.29, 0.717) is 21.3 Å². The fourth-order valence-electron chi connectivity index (χ4n) is 1.76. The van der Waals surface area contributed by atoms with Gasteiger partial charge in [-0.25, -0.2) is 4.39 Å². The van der Waals surface area contributed by atoms with E-state index in [0.717, 1.165) is 5.56 Å². The van der Waals surface area contributed by atoms with E-state index < -0.39 is 5.82 Å². The molecule has 0 saturated heterocycles. The summed E-state index contributed by atoms with van der Waals surface area (Å²) in [7, 11) is 0. The number of halogens is 3. The zero-order valence-electron chi connectivity index (χ0n) is 11.1. The van der Waals surface area contributed by atoms with Gasteiger partial charge in [0.2, 0.25) is 0 Å². The van der Waals surface area contributed by atoms with Crippen LogP contribution in [0.3, 0.4) is 0 Å². The van der Waals surface area contributed by atoms with Gasteiger partial charge in [0.1, 0.15) is 18.2 Å². The molecule has 0 spiro atoms. The van der Waals surface area contributed by atoms with Crippen LogP contribution in [0.15, 0.2) is 41.6 Å². The number of hydrogen-bond donors (Lipinski definition) is 1. The van der Waals surface area contributed by atoms with Gasteiger partial charge >= 0.3 is 0 Å². The summed E-state index contributed by atoms with van der Waals surface area (Å²) in [6.07, 6.45) is 0. The summed E-state index contributed by atoms with van der Waals surface area (Å²) in [6.45, 7) is 1.74. The fraction of sp³-hybridized carbons (Fsp3) is 0.133. The monoisotopic (exact) mass is 327 g/mol. The van der Waals surface area contributed by atoms with Crippen molar-refractivity contribution in [1.29, 1.82) is 0 Å². The molecule has 2 aromatic carbocycles. The summed E-state index contributed by atoms with van der Waals surface area (Å²) in [5.74, 6) is -0.169. The molecule has 2 aromatic rings. The van der Waals surface area contributed by atoms with Crippen LogP contribution in [0.5, 0.6) is 5.75 Å². The summed E-state index contributed by atoms with van der Waals surface area (Å²) in [6, 6.07) is 9.02. The molecule has 21 heavy (non-hydrogen) atoms. The van der Waals surface area contributed by atoms with Crippen molar-refractivity contribution >= 4 is 28.9 Å². The topological polar surface area (TPSA) is 41.8 Å². The van der Waals surface area contributed by atoms with Gasteiger partial charge in [0, 0.05) is 27.2 Å². The first-order chi connectivity index (χ1) is 10.0. The Bertz CT molecular complexity index is 689. The maximum atomic E-state index is 13.3. The standard InChI is InChI=1S/C15H12Cl2FNO2/c1-9(19-20)13-5-4-12(18)7-15(13)21-8-10-2-3-11(16)6-14(10)17/h2-7,20H,8H2,1H3. The third-order valence-electron chi connectivity index (χ3n) is 2.88. The summed E-state index contributed by atoms with van der Waals surface area (Å²) in [5, 5.41) is 12.9. The molecule has 0 saturated carbocycles. The maximum Gasteiger partial charge on any atom is 0.131 e. The van der Waals surface area contributed by atoms with Crippen molar-refractivity contribution in [2.45, 2.75) is 13.5 Å². The highest BCUT2D eigenvalue weighted by atomic mass is 35.5. The molecule has 2 rings (SSSR count). The molecule has 3 nitrogen and oxygen atoms in total. The summed E-state index contributed by atoms with van der Waals surface area (Å²) < 4.78 is 18.9. The Kier molecular flexibility index (Phi) is 5.04. The first kappa shape index (κ1) is 15.6. The summed E-state index contributed by atoms with van der Waals surface area (Å²) in [5.41, 5.74) is 1.55. The lowest BCUT2D eigenvalue weighted by Gasteiger charge is -2.12. The molecule has 0 fully saturated rings. The number of rotatable bonds is 4. The van der Waals surface area contributed by atoms with Crippen LogP contribution >= 0.6 is 23.2 Å². The van der Waals surface area contributed by atoms with Crippen molar-refractivity contribution in [3.8, 4) is 5.75 Å². The van der Waals surface area contributed by atoms with Crippen LogP contribution in [0.2, 0.25) is 10.0 Å². The molecule has 0 heterocycles. The molecule has 0 unspecified atom stereocenters. The third kappa shape index (κ3) is 3.86. The summed E-state index contributed by atoms with van der Waals surface area (Å²) >= 11 is 11.9. The molecule has 0 aliphatic heterocycles. The molecule has 0 radical (unpaired) electrons. The SMILES string of the molecule is CC(=NO)c1ccc(F)cc1OCc1ccc(Cl)cc1Cl. The fourth-order valence-corrected chi connectivity index (χ4v) is 2.23. The molecule has 0 bridgehead atoms. The van der Waals surface area contributed by atoms with Gasteiger partial charge in [-0.2, -0.15) is 0 Å². The predicted molar refractivity (Wildman–Crippen MR) is 81.2 cm³/mol. The lowest BCUT2D eigenvalue weighted by Crippen LogP contribution is -2.03. The number of oxime groups is 1. The van der Waals surface area contributed by atoms with E-state index in [4.69, 9.17) is 33.1 Å². The minimum atomic E-state index is -0.443. The van der Waals surface area contributed by atoms with Gasteiger partial charge < -0.3 is 9.94 Å². The quantitative estimate of drug-likeness (QED) is 0.492. The van der Waals surface area contributed by atoms with Gasteiger partial charge in [0.15, 0.2) is 0 Å². The van der Waals surface area contributed by atoms with E-state index >= 15 is 0 Å². The zero-order valence-corrected chi connectivity index (χ0v) is 12.6. The number of hydrogen-bond acceptors (Lipinski definition) is 3. The average molecular weight is 328 g/mol. The van der Waals surface area contributed by atoms with Crippen LogP contribution < -0.4 is 4.74 Å². The Balaban J connectivity index is 2.25. The van der Waals surface area contributed by atoms with Crippen LogP contribution in [0.25, 0.3) is 0 Å². The second-order valence-corrected chi connectivity index (χ2v) is 5.19. The lowest BCUT2D eigenvalue weighted by molar-refractivity contribution is 0.302. The van der Waals surface area contributed by atoms with Crippen molar-refractivity contribution in [3.63, 3.8) is 0 Å². The van der Waals surface area contributed by atoms with Crippen LogP contribution in [0.1, 0.15) is 18.1 Å². The van der Waals surface area contributed by atoms with Crippen LogP contribution in [-0.4, -0.2) is 10.9 Å². The Morgan fingerprint density at radius 1 is 1.24 bits per heavy atom. The number of ether oxygens (including phenoxy) is 1. The van der Waals surface area contributed by atoms with E-state index in [9.17, 15) is 4.39 Å². The molecular weight excluding hydrogens is 316 g/mol. The molecule has 6 heteroatoms. The van der Waals surface area contributed by atoms with Gasteiger partial charge in [0.25, 0.3) is 0 Å². The minimum Gasteiger partial charge on any atom is -0.488 e. The molecular formula is C15H12Cl2FNO2. The smallest absolute Gasteiger partial charge is 0.131 e. The number of nitrogens with zero attached hydrogens (tertiary/aromatic N) is 1. The predicted octanol–water partition coefficient (Wildman–Crippen LogP) is 4.91. The first-order valence-electron chi connectivity index (χ1n) is 6.06. The Labute approximate surface area is 131 Å². The molecule has 110 valence electrons. The second kappa shape index (κ2) is 6.78. The highest BCUT2D eigenvalue weighted by Gasteiger charge is 2.10. The molecule has 0 aromatic heterocycles. The normalized spacial score (nSPS) is 11.5. The molecule has 1 N–H and O–H groups in total. The van der Waals surface area contributed by atoms with Crippen molar-refractivity contribution in [2.24, 2.45) is 5.16 Å². The van der Waals surface area contributed by atoms with E-state index in [1.54, 1.807) is 25.1 Å². The Morgan fingerprint density at radius 2 is 2.00 bits per heavy atom. The molecule has 0 amide bonds. The second-order valence-electron chi connectivity index (χ2n) is 4.35. The van der Waals surface area contributed by atoms with Crippen LogP contribution in [0.4, 0.5) is 4.39 Å². The largest absolute Gasteiger partial charge is 0.488 e. The van der Waals surface area contributed by atoms with Crippen molar-refractivity contribution < 1.29 is 14.3 Å². The van der Waals surface area contributed by atoms with Gasteiger partial charge in [-0.3, -0.25) is 0 Å². The third-order valence-corrected chi connectivity index (χ3v) is 3.47. The summed E-state index contributed by atoms with van der Waals surface area (Å²) in [4.78, 5) is 0. The lowest BCUT2D eigenvalue weighted by atomic mass is 10.1. The molecule has 0 aliphatic carbocycles. The van der Waals surface area contributed by atoms with Gasteiger partial charge in [-0.1, -0.05) is 34.4 Å². The van der Waals surface area contributed by atoms with E-state index in [1.165, 1.54) is 18.2 Å². The maximum absolute atomic E-state index is 13.3. The number of benzene rings is 2. The first-order valence-corrected chi connectivity index (χ1v) is 6.82. The van der Waals surface area contributed by atoms with Gasteiger partial charge in [-0.05, 0) is 31.2 Å². The molecule has 0 aliphatic rings. The van der Waals surface area contributed by atoms with Crippen molar-refractivity contribution in [2.75, 3.05) is 0 Å². The van der Waals surface area contributed by atoms with E-state index in [1.807, 2.05) is 0 Å². The van der Waals surface area contributed by atoms with E-state index in [2.05, 4.69) is 5.16 Å². The Morgan fingerprint density at radius 3 is 2.67 bits per heavy atom. The van der Waals surface area contributed by atoms with E-state index in [-0.39, 0.29) is 12.4 Å². The Hall–Kier alpha value is -1.78. The zero-order chi connectivity index (χ0) is 15.4. The highest BCUT2D eigenvalue weighted by molar-refractivity contribution is 6.35. The van der Waals surface area contributed by atoms with Gasteiger partial charge in [-0.15, -0.1) is 0 Å². The highest BCUT2D eigenvalue weighted by Crippen LogP contribution is 2.25. The van der Waals surface area contributed by atoms with Gasteiger partial charge in [0.05, 0.1) is 5.71 Å². The average Bonchev–Trinajstić information content (AvgIpc) is 2.45.